The van der Waals surface area contributed by atoms with Crippen LogP contribution in [0.4, 0.5) is 16.2 Å². The minimum Gasteiger partial charge on any atom is -0.352 e. The SMILES string of the molecule is Cc1cc(=O)[nH]c(N2CCN(c3ncnc4c3cnn4-c3ccccc3F)CC2)n1. The molecule has 0 spiro atoms. The number of aromatic nitrogens is 6. The molecule has 4 heterocycles. The lowest BCUT2D eigenvalue weighted by Gasteiger charge is -2.35. The van der Waals surface area contributed by atoms with Crippen LogP contribution in [-0.4, -0.2) is 55.9 Å². The zero-order valence-electron chi connectivity index (χ0n) is 16.3. The molecule has 1 N–H and O–H groups in total. The van der Waals surface area contributed by atoms with Gasteiger partial charge >= 0.3 is 0 Å². The van der Waals surface area contributed by atoms with Crippen LogP contribution in [-0.2, 0) is 0 Å². The highest BCUT2D eigenvalue weighted by Crippen LogP contribution is 2.26. The highest BCUT2D eigenvalue weighted by Gasteiger charge is 2.23. The third-order valence-electron chi connectivity index (χ3n) is 5.16. The number of H-pyrrole nitrogens is 1. The maximum atomic E-state index is 14.2. The first-order valence-electron chi connectivity index (χ1n) is 9.61. The summed E-state index contributed by atoms with van der Waals surface area (Å²) >= 11 is 0. The third kappa shape index (κ3) is 3.15. The van der Waals surface area contributed by atoms with Crippen molar-refractivity contribution in [1.82, 2.24) is 29.7 Å². The van der Waals surface area contributed by atoms with Crippen LogP contribution in [0, 0.1) is 12.7 Å². The molecule has 1 saturated heterocycles. The molecule has 3 aromatic heterocycles. The lowest BCUT2D eigenvalue weighted by atomic mass is 10.2. The highest BCUT2D eigenvalue weighted by atomic mass is 19.1. The van der Waals surface area contributed by atoms with E-state index in [4.69, 9.17) is 0 Å². The van der Waals surface area contributed by atoms with E-state index in [-0.39, 0.29) is 11.4 Å². The van der Waals surface area contributed by atoms with Crippen LogP contribution in [0.5, 0.6) is 0 Å². The predicted molar refractivity (Wildman–Crippen MR) is 111 cm³/mol. The molecule has 0 bridgehead atoms. The van der Waals surface area contributed by atoms with Crippen LogP contribution >= 0.6 is 0 Å². The second-order valence-electron chi connectivity index (χ2n) is 7.13. The van der Waals surface area contributed by atoms with E-state index in [1.165, 1.54) is 23.1 Å². The Kier molecular flexibility index (Phi) is 4.38. The Morgan fingerprint density at radius 3 is 2.60 bits per heavy atom. The molecule has 152 valence electrons. The molecular formula is C20H19FN8O. The standard InChI is InChI=1S/C20H19FN8O/c1-13-10-17(30)26-20(25-13)28-8-6-27(7-9-28)18-14-11-24-29(19(14)23-12-22-18)16-5-3-2-4-15(16)21/h2-5,10-12H,6-9H2,1H3,(H,25,26,30). The van der Waals surface area contributed by atoms with E-state index < -0.39 is 0 Å². The van der Waals surface area contributed by atoms with Gasteiger partial charge in [-0.2, -0.15) is 5.10 Å². The summed E-state index contributed by atoms with van der Waals surface area (Å²) in [5.74, 6) is 0.976. The van der Waals surface area contributed by atoms with E-state index >= 15 is 0 Å². The monoisotopic (exact) mass is 406 g/mol. The van der Waals surface area contributed by atoms with Crippen molar-refractivity contribution in [1.29, 1.82) is 0 Å². The van der Waals surface area contributed by atoms with Crippen molar-refractivity contribution < 1.29 is 4.39 Å². The van der Waals surface area contributed by atoms with E-state index in [9.17, 15) is 9.18 Å². The average molecular weight is 406 g/mol. The van der Waals surface area contributed by atoms with Crippen molar-refractivity contribution in [2.75, 3.05) is 36.0 Å². The van der Waals surface area contributed by atoms with Crippen molar-refractivity contribution in [3.63, 3.8) is 0 Å². The molecule has 4 aromatic rings. The molecular weight excluding hydrogens is 387 g/mol. The van der Waals surface area contributed by atoms with E-state index in [1.54, 1.807) is 31.3 Å². The Hall–Kier alpha value is -3.82. The van der Waals surface area contributed by atoms with Crippen LogP contribution in [0.2, 0.25) is 0 Å². The minimum atomic E-state index is -0.365. The van der Waals surface area contributed by atoms with Crippen molar-refractivity contribution >= 4 is 22.8 Å². The molecule has 5 rings (SSSR count). The van der Waals surface area contributed by atoms with Gasteiger partial charge in [0, 0.05) is 37.9 Å². The summed E-state index contributed by atoms with van der Waals surface area (Å²) in [6.07, 6.45) is 3.14. The topological polar surface area (TPSA) is 95.8 Å². The number of piperazine rings is 1. The van der Waals surface area contributed by atoms with E-state index in [1.807, 2.05) is 4.90 Å². The Morgan fingerprint density at radius 1 is 1.07 bits per heavy atom. The van der Waals surface area contributed by atoms with Gasteiger partial charge in [0.1, 0.15) is 23.6 Å². The second kappa shape index (κ2) is 7.21. The van der Waals surface area contributed by atoms with Gasteiger partial charge in [-0.3, -0.25) is 9.78 Å². The highest BCUT2D eigenvalue weighted by molar-refractivity contribution is 5.87. The first-order chi connectivity index (χ1) is 14.6. The number of halogens is 1. The first-order valence-corrected chi connectivity index (χ1v) is 9.61. The molecule has 30 heavy (non-hydrogen) atoms. The molecule has 1 fully saturated rings. The minimum absolute atomic E-state index is 0.155. The fourth-order valence-corrected chi connectivity index (χ4v) is 3.73. The fourth-order valence-electron chi connectivity index (χ4n) is 3.73. The Bertz CT molecular complexity index is 1280. The summed E-state index contributed by atoms with van der Waals surface area (Å²) in [5.41, 5.74) is 1.43. The van der Waals surface area contributed by atoms with Crippen LogP contribution in [0.1, 0.15) is 5.69 Å². The van der Waals surface area contributed by atoms with Gasteiger partial charge in [0.15, 0.2) is 5.65 Å². The second-order valence-corrected chi connectivity index (χ2v) is 7.13. The molecule has 1 aliphatic rings. The lowest BCUT2D eigenvalue weighted by Crippen LogP contribution is -2.47. The summed E-state index contributed by atoms with van der Waals surface area (Å²) < 4.78 is 15.7. The Morgan fingerprint density at radius 2 is 1.83 bits per heavy atom. The molecule has 0 radical (unpaired) electrons. The van der Waals surface area contributed by atoms with Gasteiger partial charge in [-0.05, 0) is 19.1 Å². The van der Waals surface area contributed by atoms with Crippen molar-refractivity contribution in [3.8, 4) is 5.69 Å². The summed E-state index contributed by atoms with van der Waals surface area (Å²) in [5, 5.41) is 5.11. The zero-order valence-corrected chi connectivity index (χ0v) is 16.3. The lowest BCUT2D eigenvalue weighted by molar-refractivity contribution is 0.612. The van der Waals surface area contributed by atoms with Crippen LogP contribution in [0.15, 0.2) is 47.7 Å². The number of rotatable bonds is 3. The van der Waals surface area contributed by atoms with Gasteiger partial charge in [-0.25, -0.2) is 24.0 Å². The van der Waals surface area contributed by atoms with Crippen molar-refractivity contribution in [2.24, 2.45) is 0 Å². The van der Waals surface area contributed by atoms with Crippen LogP contribution < -0.4 is 15.4 Å². The van der Waals surface area contributed by atoms with Crippen molar-refractivity contribution in [2.45, 2.75) is 6.92 Å². The van der Waals surface area contributed by atoms with Gasteiger partial charge in [-0.15, -0.1) is 0 Å². The average Bonchev–Trinajstić information content (AvgIpc) is 3.18. The van der Waals surface area contributed by atoms with E-state index in [2.05, 4.69) is 29.9 Å². The third-order valence-corrected chi connectivity index (χ3v) is 5.16. The molecule has 0 amide bonds. The Labute approximate surface area is 170 Å². The molecule has 1 aromatic carbocycles. The maximum Gasteiger partial charge on any atom is 0.252 e. The quantitative estimate of drug-likeness (QED) is 0.553. The number of hydrogen-bond donors (Lipinski definition) is 1. The normalized spacial score (nSPS) is 14.5. The molecule has 0 unspecified atom stereocenters. The molecule has 0 aliphatic carbocycles. The molecule has 0 atom stereocenters. The first kappa shape index (κ1) is 18.2. The summed E-state index contributed by atoms with van der Waals surface area (Å²) in [6, 6.07) is 7.94. The largest absolute Gasteiger partial charge is 0.352 e. The van der Waals surface area contributed by atoms with Gasteiger partial charge in [0.25, 0.3) is 5.56 Å². The molecule has 0 saturated carbocycles. The number of hydrogen-bond acceptors (Lipinski definition) is 7. The van der Waals surface area contributed by atoms with Crippen LogP contribution in [0.25, 0.3) is 16.7 Å². The number of fused-ring (bicyclic) bond motifs is 1. The van der Waals surface area contributed by atoms with Gasteiger partial charge < -0.3 is 9.80 Å². The number of nitrogens with one attached hydrogen (secondary N) is 1. The smallest absolute Gasteiger partial charge is 0.252 e. The zero-order chi connectivity index (χ0) is 20.7. The number of anilines is 2. The Balaban J connectivity index is 1.43. The maximum absolute atomic E-state index is 14.2. The van der Waals surface area contributed by atoms with Gasteiger partial charge in [0.2, 0.25) is 5.95 Å². The van der Waals surface area contributed by atoms with E-state index in [0.29, 0.717) is 49.2 Å². The molecule has 10 heteroatoms. The van der Waals surface area contributed by atoms with Gasteiger partial charge in [-0.1, -0.05) is 12.1 Å². The summed E-state index contributed by atoms with van der Waals surface area (Å²) in [4.78, 5) is 31.9. The number of para-hydroxylation sites is 1. The predicted octanol–water partition coefficient (Wildman–Crippen LogP) is 1.67. The summed E-state index contributed by atoms with van der Waals surface area (Å²) in [7, 11) is 0. The van der Waals surface area contributed by atoms with Crippen LogP contribution in [0.3, 0.4) is 0 Å². The van der Waals surface area contributed by atoms with Gasteiger partial charge in [0.05, 0.1) is 11.6 Å². The molecule has 1 aliphatic heterocycles. The molecule has 9 nitrogen and oxygen atoms in total. The fraction of sp³-hybridized carbons (Fsp3) is 0.250. The van der Waals surface area contributed by atoms with Crippen molar-refractivity contribution in [3.05, 3.63) is 64.7 Å². The number of benzene rings is 1. The number of aromatic amines is 1. The number of nitrogens with zero attached hydrogens (tertiary/aromatic N) is 7. The summed E-state index contributed by atoms with van der Waals surface area (Å²) in [6.45, 7) is 4.54. The number of aryl methyl sites for hydroxylation is 1. The van der Waals surface area contributed by atoms with E-state index in [0.717, 1.165) is 11.2 Å².